The van der Waals surface area contributed by atoms with E-state index < -0.39 is 0 Å². The van der Waals surface area contributed by atoms with Crippen LogP contribution in [0.5, 0.6) is 0 Å². The lowest BCUT2D eigenvalue weighted by Gasteiger charge is -2.04. The molecule has 0 unspecified atom stereocenters. The standard InChI is InChI=1S/C11H12O.C2H6/c1-8(2)10-6-4-5-7-11(10)9(3)12;1-2/h4-7H,1H2,2-3H3;1-2H3. The molecule has 1 aromatic carbocycles. The molecule has 1 heteroatoms. The van der Waals surface area contributed by atoms with Gasteiger partial charge in [0.1, 0.15) is 0 Å². The minimum Gasteiger partial charge on any atom is -0.294 e. The molecule has 0 saturated heterocycles. The van der Waals surface area contributed by atoms with Crippen molar-refractivity contribution >= 4 is 11.4 Å². The molecule has 0 fully saturated rings. The molecule has 0 aliphatic rings. The van der Waals surface area contributed by atoms with E-state index in [2.05, 4.69) is 6.58 Å². The molecule has 0 aromatic heterocycles. The van der Waals surface area contributed by atoms with Crippen molar-refractivity contribution in [2.24, 2.45) is 0 Å². The molecule has 0 atom stereocenters. The summed E-state index contributed by atoms with van der Waals surface area (Å²) >= 11 is 0. The summed E-state index contributed by atoms with van der Waals surface area (Å²) in [5, 5.41) is 0. The van der Waals surface area contributed by atoms with Crippen molar-refractivity contribution in [2.75, 3.05) is 0 Å². The molecular weight excluding hydrogens is 172 g/mol. The average molecular weight is 190 g/mol. The van der Waals surface area contributed by atoms with Gasteiger partial charge in [-0.25, -0.2) is 0 Å². The number of benzene rings is 1. The smallest absolute Gasteiger partial charge is 0.160 e. The van der Waals surface area contributed by atoms with Gasteiger partial charge in [0, 0.05) is 5.56 Å². The number of allylic oxidation sites excluding steroid dienone is 1. The highest BCUT2D eigenvalue weighted by Gasteiger charge is 2.05. The molecule has 0 aliphatic heterocycles. The fourth-order valence-electron chi connectivity index (χ4n) is 1.16. The lowest BCUT2D eigenvalue weighted by Crippen LogP contribution is -1.96. The summed E-state index contributed by atoms with van der Waals surface area (Å²) in [4.78, 5) is 11.1. The number of carbonyl (C=O) groups is 1. The Labute approximate surface area is 86.5 Å². The van der Waals surface area contributed by atoms with Crippen LogP contribution in [0.1, 0.15) is 43.6 Å². The Morgan fingerprint density at radius 2 is 1.50 bits per heavy atom. The van der Waals surface area contributed by atoms with Gasteiger partial charge < -0.3 is 0 Å². The van der Waals surface area contributed by atoms with E-state index in [1.165, 1.54) is 0 Å². The molecule has 0 radical (unpaired) electrons. The van der Waals surface area contributed by atoms with E-state index in [9.17, 15) is 4.79 Å². The monoisotopic (exact) mass is 190 g/mol. The fraction of sp³-hybridized carbons (Fsp3) is 0.308. The van der Waals surface area contributed by atoms with Crippen molar-refractivity contribution in [1.82, 2.24) is 0 Å². The summed E-state index contributed by atoms with van der Waals surface area (Å²) in [5.41, 5.74) is 2.64. The zero-order valence-corrected chi connectivity index (χ0v) is 9.42. The molecule has 0 N–H and O–H groups in total. The van der Waals surface area contributed by atoms with Crippen molar-refractivity contribution in [3.05, 3.63) is 42.0 Å². The highest BCUT2D eigenvalue weighted by Crippen LogP contribution is 2.16. The number of ketones is 1. The van der Waals surface area contributed by atoms with Gasteiger partial charge in [-0.05, 0) is 19.4 Å². The van der Waals surface area contributed by atoms with Gasteiger partial charge in [-0.15, -0.1) is 0 Å². The van der Waals surface area contributed by atoms with Gasteiger partial charge in [0.2, 0.25) is 0 Å². The van der Waals surface area contributed by atoms with E-state index in [4.69, 9.17) is 0 Å². The van der Waals surface area contributed by atoms with Crippen LogP contribution in [-0.4, -0.2) is 5.78 Å². The Morgan fingerprint density at radius 1 is 1.07 bits per heavy atom. The van der Waals surface area contributed by atoms with Gasteiger partial charge in [0.15, 0.2) is 5.78 Å². The highest BCUT2D eigenvalue weighted by atomic mass is 16.1. The van der Waals surface area contributed by atoms with Gasteiger partial charge in [0.05, 0.1) is 0 Å². The number of hydrogen-bond donors (Lipinski definition) is 0. The fourth-order valence-corrected chi connectivity index (χ4v) is 1.16. The van der Waals surface area contributed by atoms with Crippen LogP contribution in [0, 0.1) is 0 Å². The van der Waals surface area contributed by atoms with Gasteiger partial charge >= 0.3 is 0 Å². The molecule has 1 nitrogen and oxygen atoms in total. The Balaban J connectivity index is 0.000000791. The van der Waals surface area contributed by atoms with Crippen LogP contribution in [-0.2, 0) is 0 Å². The number of carbonyl (C=O) groups excluding carboxylic acids is 1. The molecule has 0 heterocycles. The molecule has 0 amide bonds. The third kappa shape index (κ3) is 3.17. The van der Waals surface area contributed by atoms with Crippen LogP contribution in [0.4, 0.5) is 0 Å². The zero-order valence-electron chi connectivity index (χ0n) is 9.42. The first kappa shape index (κ1) is 12.6. The van der Waals surface area contributed by atoms with Gasteiger partial charge in [-0.2, -0.15) is 0 Å². The second-order valence-electron chi connectivity index (χ2n) is 2.88. The van der Waals surface area contributed by atoms with E-state index in [0.29, 0.717) is 0 Å². The molecular formula is C13H18O. The first-order chi connectivity index (χ1) is 6.63. The minimum atomic E-state index is 0.0913. The SMILES string of the molecule is C=C(C)c1ccccc1C(C)=O.CC. The van der Waals surface area contributed by atoms with Crippen molar-refractivity contribution < 1.29 is 4.79 Å². The summed E-state index contributed by atoms with van der Waals surface area (Å²) in [6.07, 6.45) is 0. The second-order valence-corrected chi connectivity index (χ2v) is 2.88. The molecule has 0 spiro atoms. The number of hydrogen-bond acceptors (Lipinski definition) is 1. The molecule has 0 saturated carbocycles. The van der Waals surface area contributed by atoms with Crippen LogP contribution in [0.25, 0.3) is 5.57 Å². The summed E-state index contributed by atoms with van der Waals surface area (Å²) < 4.78 is 0. The molecule has 1 aromatic rings. The Kier molecular flexibility index (Phi) is 5.54. The van der Waals surface area contributed by atoms with Crippen molar-refractivity contribution in [3.63, 3.8) is 0 Å². The van der Waals surface area contributed by atoms with E-state index in [-0.39, 0.29) is 5.78 Å². The average Bonchev–Trinajstić information content (AvgIpc) is 2.20. The van der Waals surface area contributed by atoms with Crippen LogP contribution in [0.2, 0.25) is 0 Å². The minimum absolute atomic E-state index is 0.0913. The summed E-state index contributed by atoms with van der Waals surface area (Å²) in [6.45, 7) is 11.3. The van der Waals surface area contributed by atoms with Crippen molar-refractivity contribution in [2.45, 2.75) is 27.7 Å². The van der Waals surface area contributed by atoms with E-state index in [1.807, 2.05) is 45.0 Å². The lowest BCUT2D eigenvalue weighted by atomic mass is 10.00. The maximum absolute atomic E-state index is 11.1. The van der Waals surface area contributed by atoms with Crippen molar-refractivity contribution in [1.29, 1.82) is 0 Å². The van der Waals surface area contributed by atoms with Crippen LogP contribution >= 0.6 is 0 Å². The highest BCUT2D eigenvalue weighted by molar-refractivity contribution is 5.98. The second kappa shape index (κ2) is 6.14. The molecule has 0 aliphatic carbocycles. The zero-order chi connectivity index (χ0) is 11.1. The third-order valence-corrected chi connectivity index (χ3v) is 1.77. The summed E-state index contributed by atoms with van der Waals surface area (Å²) in [6, 6.07) is 7.52. The number of Topliss-reactive ketones (excluding diaryl/α,β-unsaturated/α-hetero) is 1. The normalized spacial score (nSPS) is 8.57. The van der Waals surface area contributed by atoms with Crippen molar-refractivity contribution in [3.8, 4) is 0 Å². The predicted molar refractivity (Wildman–Crippen MR) is 62.5 cm³/mol. The Morgan fingerprint density at radius 3 is 1.79 bits per heavy atom. The molecule has 0 bridgehead atoms. The summed E-state index contributed by atoms with van der Waals surface area (Å²) in [7, 11) is 0. The van der Waals surface area contributed by atoms with Crippen LogP contribution < -0.4 is 0 Å². The van der Waals surface area contributed by atoms with Crippen LogP contribution in [0.15, 0.2) is 30.8 Å². The van der Waals surface area contributed by atoms with E-state index in [0.717, 1.165) is 16.7 Å². The largest absolute Gasteiger partial charge is 0.294 e. The first-order valence-electron chi connectivity index (χ1n) is 4.89. The molecule has 1 rings (SSSR count). The van der Waals surface area contributed by atoms with E-state index >= 15 is 0 Å². The Hall–Kier alpha value is -1.37. The van der Waals surface area contributed by atoms with E-state index in [1.54, 1.807) is 6.92 Å². The molecule has 14 heavy (non-hydrogen) atoms. The predicted octanol–water partition coefficient (Wildman–Crippen LogP) is 3.95. The lowest BCUT2D eigenvalue weighted by molar-refractivity contribution is 0.101. The number of rotatable bonds is 2. The van der Waals surface area contributed by atoms with Crippen LogP contribution in [0.3, 0.4) is 0 Å². The maximum Gasteiger partial charge on any atom is 0.160 e. The van der Waals surface area contributed by atoms with Gasteiger partial charge in [-0.1, -0.05) is 50.3 Å². The van der Waals surface area contributed by atoms with Gasteiger partial charge in [-0.3, -0.25) is 4.79 Å². The third-order valence-electron chi connectivity index (χ3n) is 1.77. The topological polar surface area (TPSA) is 17.1 Å². The Bertz CT molecular complexity index is 291. The maximum atomic E-state index is 11.1. The quantitative estimate of drug-likeness (QED) is 0.645. The summed E-state index contributed by atoms with van der Waals surface area (Å²) in [5.74, 6) is 0.0913. The first-order valence-corrected chi connectivity index (χ1v) is 4.89. The molecule has 76 valence electrons. The van der Waals surface area contributed by atoms with Gasteiger partial charge in [0.25, 0.3) is 0 Å².